The highest BCUT2D eigenvalue weighted by Crippen LogP contribution is 2.31. The quantitative estimate of drug-likeness (QED) is 0.270. The van der Waals surface area contributed by atoms with E-state index in [2.05, 4.69) is 0 Å². The molecule has 0 spiro atoms. The van der Waals surface area contributed by atoms with Gasteiger partial charge in [0, 0.05) is 0 Å². The van der Waals surface area contributed by atoms with Crippen molar-refractivity contribution in [3.63, 3.8) is 0 Å². The maximum Gasteiger partial charge on any atom is 0.348 e. The third-order valence-electron chi connectivity index (χ3n) is 4.37. The highest BCUT2D eigenvalue weighted by molar-refractivity contribution is 5.97. The van der Waals surface area contributed by atoms with Crippen molar-refractivity contribution in [1.82, 2.24) is 0 Å². The predicted octanol–water partition coefficient (Wildman–Crippen LogP) is 5.31. The van der Waals surface area contributed by atoms with E-state index in [1.165, 1.54) is 6.08 Å². The number of carbonyl (C=O) groups is 1. The molecule has 0 fully saturated rings. The van der Waals surface area contributed by atoms with E-state index in [0.717, 1.165) is 11.1 Å². The van der Waals surface area contributed by atoms with Crippen LogP contribution in [0.5, 0.6) is 11.5 Å². The van der Waals surface area contributed by atoms with Crippen molar-refractivity contribution in [3.8, 4) is 17.6 Å². The van der Waals surface area contributed by atoms with Gasteiger partial charge in [0.05, 0.1) is 6.61 Å². The normalized spacial score (nSPS) is 10.8. The van der Waals surface area contributed by atoms with Gasteiger partial charge in [0.2, 0.25) is 0 Å². The minimum absolute atomic E-state index is 0.0752. The molecule has 5 nitrogen and oxygen atoms in total. The molecular weight excluding hydrogens is 390 g/mol. The van der Waals surface area contributed by atoms with Crippen molar-refractivity contribution < 1.29 is 19.0 Å². The number of ether oxygens (including phenoxy) is 3. The van der Waals surface area contributed by atoms with Gasteiger partial charge in [0.1, 0.15) is 24.9 Å². The van der Waals surface area contributed by atoms with E-state index in [-0.39, 0.29) is 12.2 Å². The second-order valence-electron chi connectivity index (χ2n) is 6.65. The SMILES string of the molecule is CCOC(=O)/C(C#N)=C/c1ccc(OCc2ccccc2)c(OCc2ccccc2)c1. The first kappa shape index (κ1) is 21.7. The summed E-state index contributed by atoms with van der Waals surface area (Å²) in [6.45, 7) is 2.65. The molecule has 0 bridgehead atoms. The van der Waals surface area contributed by atoms with Crippen LogP contribution in [0.15, 0.2) is 84.4 Å². The number of nitrogens with zero attached hydrogens (tertiary/aromatic N) is 1. The number of benzene rings is 3. The van der Waals surface area contributed by atoms with Crippen molar-refractivity contribution in [2.24, 2.45) is 0 Å². The topological polar surface area (TPSA) is 68.6 Å². The summed E-state index contributed by atoms with van der Waals surface area (Å²) in [6, 6.07) is 26.8. The summed E-state index contributed by atoms with van der Waals surface area (Å²) in [6.07, 6.45) is 1.48. The summed E-state index contributed by atoms with van der Waals surface area (Å²) < 4.78 is 16.9. The van der Waals surface area contributed by atoms with Crippen LogP contribution in [0.2, 0.25) is 0 Å². The summed E-state index contributed by atoms with van der Waals surface area (Å²) >= 11 is 0. The second-order valence-corrected chi connectivity index (χ2v) is 6.65. The number of esters is 1. The second kappa shape index (κ2) is 11.2. The summed E-state index contributed by atoms with van der Waals surface area (Å²) in [5, 5.41) is 9.30. The number of rotatable bonds is 9. The molecule has 0 radical (unpaired) electrons. The Hall–Kier alpha value is -4.04. The Kier molecular flexibility index (Phi) is 7.84. The Morgan fingerprint density at radius 2 is 1.45 bits per heavy atom. The Morgan fingerprint density at radius 3 is 2.00 bits per heavy atom. The fourth-order valence-corrected chi connectivity index (χ4v) is 2.83. The number of carbonyl (C=O) groups excluding carboxylic acids is 1. The molecule has 5 heteroatoms. The lowest BCUT2D eigenvalue weighted by atomic mass is 10.1. The number of hydrogen-bond acceptors (Lipinski definition) is 5. The van der Waals surface area contributed by atoms with E-state index in [1.54, 1.807) is 25.1 Å². The summed E-state index contributed by atoms with van der Waals surface area (Å²) in [7, 11) is 0. The van der Waals surface area contributed by atoms with E-state index in [1.807, 2.05) is 66.7 Å². The maximum absolute atomic E-state index is 11.9. The smallest absolute Gasteiger partial charge is 0.348 e. The van der Waals surface area contributed by atoms with Crippen molar-refractivity contribution in [1.29, 1.82) is 5.26 Å². The van der Waals surface area contributed by atoms with Gasteiger partial charge in [-0.15, -0.1) is 0 Å². The predicted molar refractivity (Wildman–Crippen MR) is 118 cm³/mol. The first-order valence-electron chi connectivity index (χ1n) is 9.96. The van der Waals surface area contributed by atoms with Gasteiger partial charge >= 0.3 is 5.97 Å². The molecule has 0 aliphatic rings. The largest absolute Gasteiger partial charge is 0.485 e. The van der Waals surface area contributed by atoms with E-state index in [0.29, 0.717) is 30.3 Å². The molecule has 3 aromatic carbocycles. The van der Waals surface area contributed by atoms with Gasteiger partial charge < -0.3 is 14.2 Å². The lowest BCUT2D eigenvalue weighted by Gasteiger charge is -2.14. The molecule has 0 saturated heterocycles. The van der Waals surface area contributed by atoms with Crippen LogP contribution in [-0.4, -0.2) is 12.6 Å². The molecule has 0 amide bonds. The van der Waals surface area contributed by atoms with E-state index in [4.69, 9.17) is 14.2 Å². The fourth-order valence-electron chi connectivity index (χ4n) is 2.83. The molecule has 0 aliphatic carbocycles. The Morgan fingerprint density at radius 1 is 0.871 bits per heavy atom. The monoisotopic (exact) mass is 413 g/mol. The van der Waals surface area contributed by atoms with E-state index in [9.17, 15) is 10.1 Å². The lowest BCUT2D eigenvalue weighted by molar-refractivity contribution is -0.137. The van der Waals surface area contributed by atoms with Gasteiger partial charge in [-0.1, -0.05) is 66.7 Å². The zero-order chi connectivity index (χ0) is 21.9. The fraction of sp³-hybridized carbons (Fsp3) is 0.154. The highest BCUT2D eigenvalue weighted by atomic mass is 16.5. The molecule has 156 valence electrons. The molecule has 0 heterocycles. The molecule has 0 aliphatic heterocycles. The van der Waals surface area contributed by atoms with Gasteiger partial charge in [0.15, 0.2) is 11.5 Å². The van der Waals surface area contributed by atoms with Crippen LogP contribution in [0.1, 0.15) is 23.6 Å². The first-order valence-corrected chi connectivity index (χ1v) is 9.96. The first-order chi connectivity index (χ1) is 15.2. The van der Waals surface area contributed by atoms with Gasteiger partial charge in [-0.2, -0.15) is 5.26 Å². The van der Waals surface area contributed by atoms with Gasteiger partial charge in [-0.3, -0.25) is 0 Å². The van der Waals surface area contributed by atoms with Crippen LogP contribution in [0.3, 0.4) is 0 Å². The van der Waals surface area contributed by atoms with Gasteiger partial charge in [-0.25, -0.2) is 4.79 Å². The van der Waals surface area contributed by atoms with Crippen LogP contribution in [-0.2, 0) is 22.7 Å². The third-order valence-corrected chi connectivity index (χ3v) is 4.37. The van der Waals surface area contributed by atoms with Crippen molar-refractivity contribution in [2.75, 3.05) is 6.61 Å². The van der Waals surface area contributed by atoms with Crippen molar-refractivity contribution in [3.05, 3.63) is 101 Å². The Labute approximate surface area is 182 Å². The van der Waals surface area contributed by atoms with E-state index >= 15 is 0 Å². The third kappa shape index (κ3) is 6.48. The Balaban J connectivity index is 1.85. The minimum atomic E-state index is -0.652. The van der Waals surface area contributed by atoms with Gasteiger partial charge in [0.25, 0.3) is 0 Å². The molecule has 0 unspecified atom stereocenters. The average molecular weight is 413 g/mol. The molecule has 31 heavy (non-hydrogen) atoms. The lowest BCUT2D eigenvalue weighted by Crippen LogP contribution is -2.06. The van der Waals surface area contributed by atoms with Crippen LogP contribution in [0.25, 0.3) is 6.08 Å². The molecular formula is C26H23NO4. The molecule has 3 aromatic rings. The summed E-state index contributed by atoms with van der Waals surface area (Å²) in [4.78, 5) is 11.9. The van der Waals surface area contributed by atoms with Crippen LogP contribution in [0, 0.1) is 11.3 Å². The summed E-state index contributed by atoms with van der Waals surface area (Å²) in [5.41, 5.74) is 2.62. The van der Waals surface area contributed by atoms with Gasteiger partial charge in [-0.05, 0) is 41.8 Å². The summed E-state index contributed by atoms with van der Waals surface area (Å²) in [5.74, 6) is 0.447. The molecule has 3 rings (SSSR count). The van der Waals surface area contributed by atoms with Crippen LogP contribution >= 0.6 is 0 Å². The number of nitriles is 1. The zero-order valence-corrected chi connectivity index (χ0v) is 17.3. The van der Waals surface area contributed by atoms with Crippen LogP contribution in [0.4, 0.5) is 0 Å². The number of hydrogen-bond donors (Lipinski definition) is 0. The zero-order valence-electron chi connectivity index (χ0n) is 17.3. The minimum Gasteiger partial charge on any atom is -0.485 e. The average Bonchev–Trinajstić information content (AvgIpc) is 2.82. The molecule has 0 saturated carbocycles. The highest BCUT2D eigenvalue weighted by Gasteiger charge is 2.12. The van der Waals surface area contributed by atoms with Crippen LogP contribution < -0.4 is 9.47 Å². The maximum atomic E-state index is 11.9. The molecule has 0 N–H and O–H groups in total. The molecule has 0 atom stereocenters. The molecule has 0 aromatic heterocycles. The van der Waals surface area contributed by atoms with Crippen molar-refractivity contribution in [2.45, 2.75) is 20.1 Å². The van der Waals surface area contributed by atoms with E-state index < -0.39 is 5.97 Å². The Bertz CT molecular complexity index is 1070. The standard InChI is InChI=1S/C26H23NO4/c1-2-29-26(28)23(17-27)15-22-13-14-24(30-18-20-9-5-3-6-10-20)25(16-22)31-19-21-11-7-4-8-12-21/h3-16H,2,18-19H2,1H3/b23-15+. The van der Waals surface area contributed by atoms with Crippen molar-refractivity contribution >= 4 is 12.0 Å².